The summed E-state index contributed by atoms with van der Waals surface area (Å²) in [5.74, 6) is 1.40. The molecule has 0 bridgehead atoms. The van der Waals surface area contributed by atoms with E-state index in [1.165, 1.54) is 50.3 Å². The Morgan fingerprint density at radius 2 is 1.35 bits per heavy atom. The number of fused-ring (bicyclic) bond motifs is 4. The molecule has 4 nitrogen and oxygen atoms in total. The van der Waals surface area contributed by atoms with Crippen molar-refractivity contribution in [2.75, 3.05) is 0 Å². The van der Waals surface area contributed by atoms with Crippen LogP contribution in [-0.4, -0.2) is 22.6 Å². The third-order valence-electron chi connectivity index (χ3n) is 12.8. The van der Waals surface area contributed by atoms with Gasteiger partial charge in [-0.1, -0.05) is 176 Å². The van der Waals surface area contributed by atoms with E-state index in [1.807, 2.05) is 24.3 Å². The standard InChI is InChI=1S/C46H43N2OSi.C16H18N.Ir/c1-29(2)39-26-34(32-20-23-35(24-21-32)50(5,6)7)27-40(30(3)4)44(39)48-42-19-12-11-18-41(42)47-46(48)38-17-13-16-37-36-25-22-33(28-43(36)49-45(37)38)31-14-9-8-10-15-31;1-12-5-7-13(8-6-12)15-11-14(9-10-17-15)16(2,3)4;/h8-16,18-30H,1-7H3;5-7,9-11H,1-4H3;/q2*-1;/i;1D3;. The minimum absolute atomic E-state index is 0. The summed E-state index contributed by atoms with van der Waals surface area (Å²) in [6, 6.07) is 59.2. The minimum atomic E-state index is -2.09. The summed E-state index contributed by atoms with van der Waals surface area (Å²) in [6.45, 7) is 20.8. The van der Waals surface area contributed by atoms with Gasteiger partial charge >= 0.3 is 0 Å². The van der Waals surface area contributed by atoms with Crippen LogP contribution in [0.2, 0.25) is 19.6 Å². The van der Waals surface area contributed by atoms with E-state index in [2.05, 4.69) is 199 Å². The van der Waals surface area contributed by atoms with Gasteiger partial charge in [0.05, 0.1) is 30.5 Å². The van der Waals surface area contributed by atoms with Crippen molar-refractivity contribution >= 4 is 46.2 Å². The molecular formula is C62H61IrN3OSi-2. The van der Waals surface area contributed by atoms with E-state index in [9.17, 15) is 0 Å². The number of furan rings is 1. The van der Waals surface area contributed by atoms with Crippen LogP contribution in [0.25, 0.3) is 83.6 Å². The maximum Gasteiger partial charge on any atom is 0.121 e. The third kappa shape index (κ3) is 9.74. The Hall–Kier alpha value is -6.17. The molecule has 7 aromatic carbocycles. The minimum Gasteiger partial charge on any atom is -0.501 e. The Morgan fingerprint density at radius 1 is 0.676 bits per heavy atom. The first kappa shape index (κ1) is 44.3. The Morgan fingerprint density at radius 3 is 2.00 bits per heavy atom. The summed E-state index contributed by atoms with van der Waals surface area (Å²) < 4.78 is 31.2. The average Bonchev–Trinajstić information content (AvgIpc) is 3.92. The van der Waals surface area contributed by atoms with Crippen molar-refractivity contribution in [2.24, 2.45) is 0 Å². The van der Waals surface area contributed by atoms with Gasteiger partial charge in [-0.05, 0) is 98.3 Å². The predicted octanol–water partition coefficient (Wildman–Crippen LogP) is 16.7. The second-order valence-corrected chi connectivity index (χ2v) is 25.4. The molecular weight excluding hydrogens is 1020 g/mol. The zero-order chi connectivity index (χ0) is 49.7. The van der Waals surface area contributed by atoms with Crippen molar-refractivity contribution in [3.63, 3.8) is 0 Å². The van der Waals surface area contributed by atoms with Crippen molar-refractivity contribution in [3.8, 4) is 50.6 Å². The van der Waals surface area contributed by atoms with Gasteiger partial charge in [-0.3, -0.25) is 4.98 Å². The molecule has 0 saturated heterocycles. The number of imidazole rings is 1. The summed E-state index contributed by atoms with van der Waals surface area (Å²) in [6.07, 6.45) is 1.78. The maximum absolute atomic E-state index is 7.36. The molecule has 6 heteroatoms. The largest absolute Gasteiger partial charge is 0.501 e. The molecule has 0 saturated carbocycles. The van der Waals surface area contributed by atoms with Crippen molar-refractivity contribution in [1.82, 2.24) is 14.5 Å². The van der Waals surface area contributed by atoms with Crippen LogP contribution in [0.4, 0.5) is 0 Å². The number of pyridine rings is 1. The molecule has 345 valence electrons. The van der Waals surface area contributed by atoms with Crippen molar-refractivity contribution < 1.29 is 28.6 Å². The van der Waals surface area contributed by atoms with E-state index in [-0.39, 0.29) is 37.4 Å². The van der Waals surface area contributed by atoms with Gasteiger partial charge in [-0.2, -0.15) is 0 Å². The van der Waals surface area contributed by atoms with Gasteiger partial charge in [0.1, 0.15) is 5.58 Å². The maximum atomic E-state index is 7.36. The average molecular weight is 1090 g/mol. The number of rotatable bonds is 8. The van der Waals surface area contributed by atoms with E-state index in [0.29, 0.717) is 5.56 Å². The van der Waals surface area contributed by atoms with Gasteiger partial charge in [-0.25, -0.2) is 0 Å². The van der Waals surface area contributed by atoms with Gasteiger partial charge in [0.2, 0.25) is 0 Å². The van der Waals surface area contributed by atoms with Gasteiger partial charge in [-0.15, -0.1) is 53.6 Å². The normalized spacial score (nSPS) is 12.7. The van der Waals surface area contributed by atoms with Crippen LogP contribution < -0.4 is 5.19 Å². The number of hydrogen-bond donors (Lipinski definition) is 0. The fourth-order valence-corrected chi connectivity index (χ4v) is 10.1. The Balaban J connectivity index is 0.000000271. The number of aromatic nitrogens is 3. The summed E-state index contributed by atoms with van der Waals surface area (Å²) in [5, 5.41) is 3.64. The molecule has 10 rings (SSSR count). The molecule has 0 aliphatic carbocycles. The van der Waals surface area contributed by atoms with Crippen LogP contribution in [0.1, 0.15) is 86.7 Å². The molecule has 0 atom stereocenters. The van der Waals surface area contributed by atoms with E-state index < -0.39 is 14.9 Å². The summed E-state index contributed by atoms with van der Waals surface area (Å²) in [5.41, 5.74) is 16.3. The van der Waals surface area contributed by atoms with E-state index in [1.54, 1.807) is 18.3 Å². The molecule has 3 aromatic heterocycles. The van der Waals surface area contributed by atoms with Crippen LogP contribution >= 0.6 is 0 Å². The Kier molecular flexibility index (Phi) is 12.7. The topological polar surface area (TPSA) is 43.9 Å². The van der Waals surface area contributed by atoms with Crippen LogP contribution in [0.15, 0.2) is 162 Å². The second-order valence-electron chi connectivity index (χ2n) is 20.3. The Labute approximate surface area is 422 Å². The monoisotopic (exact) mass is 1090 g/mol. The quantitative estimate of drug-likeness (QED) is 0.112. The predicted molar refractivity (Wildman–Crippen MR) is 287 cm³/mol. The van der Waals surface area contributed by atoms with Gasteiger partial charge in [0.25, 0.3) is 0 Å². The fraction of sp³-hybridized carbons (Fsp3) is 0.226. The van der Waals surface area contributed by atoms with E-state index in [0.717, 1.165) is 61.2 Å². The summed E-state index contributed by atoms with van der Waals surface area (Å²) in [4.78, 5) is 9.68. The van der Waals surface area contributed by atoms with E-state index >= 15 is 0 Å². The first-order chi connectivity index (χ1) is 33.3. The van der Waals surface area contributed by atoms with Crippen molar-refractivity contribution in [2.45, 2.75) is 92.2 Å². The summed E-state index contributed by atoms with van der Waals surface area (Å²) in [7, 11) is -1.40. The zero-order valence-corrected chi connectivity index (χ0v) is 44.1. The van der Waals surface area contributed by atoms with Gasteiger partial charge in [0, 0.05) is 41.5 Å². The number of hydrogen-bond acceptors (Lipinski definition) is 3. The molecule has 0 fully saturated rings. The molecule has 10 aromatic rings. The summed E-state index contributed by atoms with van der Waals surface area (Å²) >= 11 is 0. The molecule has 0 amide bonds. The number of para-hydroxylation sites is 2. The van der Waals surface area contributed by atoms with Gasteiger partial charge in [0.15, 0.2) is 0 Å². The molecule has 0 spiro atoms. The molecule has 1 radical (unpaired) electrons. The third-order valence-corrected chi connectivity index (χ3v) is 14.8. The number of aryl methyl sites for hydroxylation is 1. The number of benzene rings is 7. The molecule has 68 heavy (non-hydrogen) atoms. The Bertz CT molecular complexity index is 3460. The molecule has 0 unspecified atom stereocenters. The second kappa shape index (κ2) is 19.4. The van der Waals surface area contributed by atoms with Crippen molar-refractivity contribution in [1.29, 1.82) is 0 Å². The molecule has 0 aliphatic rings. The smallest absolute Gasteiger partial charge is 0.121 e. The fourth-order valence-electron chi connectivity index (χ4n) is 8.91. The van der Waals surface area contributed by atoms with Crippen LogP contribution in [-0.2, 0) is 25.5 Å². The van der Waals surface area contributed by atoms with Crippen LogP contribution in [0.5, 0.6) is 0 Å². The molecule has 3 heterocycles. The first-order valence-corrected chi connectivity index (χ1v) is 26.9. The van der Waals surface area contributed by atoms with Crippen molar-refractivity contribution in [3.05, 3.63) is 192 Å². The molecule has 0 aliphatic heterocycles. The van der Waals surface area contributed by atoms with Crippen LogP contribution in [0, 0.1) is 19.0 Å². The van der Waals surface area contributed by atoms with Gasteiger partial charge < -0.3 is 14.0 Å². The first-order valence-electron chi connectivity index (χ1n) is 24.9. The number of nitrogens with zero attached hydrogens (tertiary/aromatic N) is 3. The van der Waals surface area contributed by atoms with Crippen LogP contribution in [0.3, 0.4) is 0 Å². The SMILES string of the molecule is CC(C)c1cc(-c2ccc([Si](C)(C)C)cc2)cc(C(C)C)c1-n1c(-c2[c-]ccc3c2oc2cc(-c4ccccc4)ccc23)nc2ccccc21.[2H]C([2H])([2H])c1c[c-]c(-c2cc(C(C)(C)C)ccn2)cc1.[Ir]. The van der Waals surface area contributed by atoms with E-state index in [4.69, 9.17) is 13.5 Å². The zero-order valence-electron chi connectivity index (χ0n) is 43.7. The molecule has 0 N–H and O–H groups in total.